The maximum absolute atomic E-state index is 12.8. The van der Waals surface area contributed by atoms with Crippen LogP contribution in [0.5, 0.6) is 5.75 Å². The molecule has 1 aliphatic rings. The Morgan fingerprint density at radius 2 is 1.66 bits per heavy atom. The fourth-order valence-corrected chi connectivity index (χ4v) is 3.82. The van der Waals surface area contributed by atoms with E-state index in [2.05, 4.69) is 34.3 Å². The Kier molecular flexibility index (Phi) is 7.43. The van der Waals surface area contributed by atoms with E-state index in [1.807, 2.05) is 42.5 Å². The first-order chi connectivity index (χ1) is 15.6. The third-order valence-electron chi connectivity index (χ3n) is 5.64. The molecule has 0 bridgehead atoms. The van der Waals surface area contributed by atoms with Gasteiger partial charge in [-0.25, -0.2) is 0 Å². The minimum absolute atomic E-state index is 0.196. The molecule has 0 unspecified atom stereocenters. The van der Waals surface area contributed by atoms with Gasteiger partial charge in [0.15, 0.2) is 0 Å². The zero-order valence-corrected chi connectivity index (χ0v) is 19.0. The molecule has 5 nitrogen and oxygen atoms in total. The quantitative estimate of drug-likeness (QED) is 0.556. The van der Waals surface area contributed by atoms with E-state index in [9.17, 15) is 4.79 Å². The molecular weight excluding hydrogens is 422 g/mol. The Hall–Kier alpha value is -2.86. The predicted molar refractivity (Wildman–Crippen MR) is 129 cm³/mol. The molecule has 3 aromatic carbocycles. The van der Waals surface area contributed by atoms with Gasteiger partial charge in [-0.1, -0.05) is 54.1 Å². The van der Waals surface area contributed by atoms with E-state index in [-0.39, 0.29) is 5.91 Å². The molecule has 32 heavy (non-hydrogen) atoms. The van der Waals surface area contributed by atoms with Crippen molar-refractivity contribution in [1.29, 1.82) is 0 Å². The molecule has 0 saturated carbocycles. The lowest BCUT2D eigenvalue weighted by atomic mass is 10.1. The third kappa shape index (κ3) is 6.10. The van der Waals surface area contributed by atoms with Gasteiger partial charge < -0.3 is 15.0 Å². The smallest absolute Gasteiger partial charge is 0.255 e. The van der Waals surface area contributed by atoms with Crippen LogP contribution in [0.25, 0.3) is 0 Å². The summed E-state index contributed by atoms with van der Waals surface area (Å²) in [7, 11) is 2.16. The molecule has 1 aliphatic heterocycles. The van der Waals surface area contributed by atoms with Crippen LogP contribution in [-0.2, 0) is 13.2 Å². The second-order valence-corrected chi connectivity index (χ2v) is 8.56. The number of hydrogen-bond acceptors (Lipinski definition) is 4. The number of piperazine rings is 1. The number of ether oxygens (including phenoxy) is 1. The van der Waals surface area contributed by atoms with Crippen LogP contribution in [0, 0.1) is 0 Å². The van der Waals surface area contributed by atoms with Crippen molar-refractivity contribution in [1.82, 2.24) is 9.80 Å². The SMILES string of the molecule is CN1CCN(Cc2ccc(NC(=O)c3ccc(Cl)c(OCc4ccccc4)c3)cc2)CC1. The third-order valence-corrected chi connectivity index (χ3v) is 5.96. The van der Waals surface area contributed by atoms with Crippen LogP contribution in [0.4, 0.5) is 5.69 Å². The first-order valence-corrected chi connectivity index (χ1v) is 11.2. The molecule has 4 rings (SSSR count). The van der Waals surface area contributed by atoms with Crippen molar-refractivity contribution in [2.24, 2.45) is 0 Å². The molecule has 166 valence electrons. The molecule has 0 atom stereocenters. The maximum atomic E-state index is 12.8. The van der Waals surface area contributed by atoms with Crippen LogP contribution in [0.3, 0.4) is 0 Å². The van der Waals surface area contributed by atoms with Gasteiger partial charge in [-0.3, -0.25) is 9.69 Å². The highest BCUT2D eigenvalue weighted by Gasteiger charge is 2.14. The van der Waals surface area contributed by atoms with Gasteiger partial charge >= 0.3 is 0 Å². The molecule has 3 aromatic rings. The van der Waals surface area contributed by atoms with Gasteiger partial charge in [0.25, 0.3) is 5.91 Å². The number of likely N-dealkylation sites (N-methyl/N-ethyl adjacent to an activating group) is 1. The minimum atomic E-state index is -0.196. The van der Waals surface area contributed by atoms with Gasteiger partial charge in [0, 0.05) is 44.0 Å². The number of carbonyl (C=O) groups is 1. The number of amides is 1. The predicted octanol–water partition coefficient (Wildman–Crippen LogP) is 4.92. The summed E-state index contributed by atoms with van der Waals surface area (Å²) in [5.74, 6) is 0.295. The summed E-state index contributed by atoms with van der Waals surface area (Å²) in [6.07, 6.45) is 0. The van der Waals surface area contributed by atoms with Crippen LogP contribution in [0.1, 0.15) is 21.5 Å². The molecule has 1 heterocycles. The normalized spacial score (nSPS) is 14.8. The summed E-state index contributed by atoms with van der Waals surface area (Å²) in [4.78, 5) is 17.6. The first kappa shape index (κ1) is 22.3. The van der Waals surface area contributed by atoms with Crippen LogP contribution >= 0.6 is 11.6 Å². The number of benzene rings is 3. The van der Waals surface area contributed by atoms with Crippen LogP contribution in [0.2, 0.25) is 5.02 Å². The van der Waals surface area contributed by atoms with Gasteiger partial charge in [-0.05, 0) is 48.5 Å². The van der Waals surface area contributed by atoms with Crippen molar-refractivity contribution in [3.63, 3.8) is 0 Å². The Balaban J connectivity index is 1.35. The van der Waals surface area contributed by atoms with Crippen LogP contribution in [-0.4, -0.2) is 48.9 Å². The van der Waals surface area contributed by atoms with Gasteiger partial charge in [0.1, 0.15) is 12.4 Å². The number of nitrogens with zero attached hydrogens (tertiary/aromatic N) is 2. The number of hydrogen-bond donors (Lipinski definition) is 1. The molecular formula is C26H28ClN3O2. The Morgan fingerprint density at radius 3 is 2.38 bits per heavy atom. The Bertz CT molecular complexity index is 1030. The standard InChI is InChI=1S/C26H28ClN3O2/c1-29-13-15-30(16-14-29)18-20-7-10-23(11-8-20)28-26(31)22-9-12-24(27)25(17-22)32-19-21-5-3-2-4-6-21/h2-12,17H,13-16,18-19H2,1H3,(H,28,31). The van der Waals surface area contributed by atoms with E-state index in [1.54, 1.807) is 18.2 Å². The Morgan fingerprint density at radius 1 is 0.938 bits per heavy atom. The summed E-state index contributed by atoms with van der Waals surface area (Å²) in [6, 6.07) is 23.0. The van der Waals surface area contributed by atoms with Crippen molar-refractivity contribution in [3.8, 4) is 5.75 Å². The molecule has 0 radical (unpaired) electrons. The van der Waals surface area contributed by atoms with Crippen LogP contribution in [0.15, 0.2) is 72.8 Å². The molecule has 0 aliphatic carbocycles. The molecule has 6 heteroatoms. The number of nitrogens with one attached hydrogen (secondary N) is 1. The summed E-state index contributed by atoms with van der Waals surface area (Å²) < 4.78 is 5.84. The zero-order chi connectivity index (χ0) is 22.3. The topological polar surface area (TPSA) is 44.8 Å². The summed E-state index contributed by atoms with van der Waals surface area (Å²) in [5.41, 5.74) is 3.54. The van der Waals surface area contributed by atoms with Crippen molar-refractivity contribution >= 4 is 23.2 Å². The van der Waals surface area contributed by atoms with E-state index in [0.29, 0.717) is 22.9 Å². The van der Waals surface area contributed by atoms with Gasteiger partial charge in [-0.2, -0.15) is 0 Å². The molecule has 0 spiro atoms. The van der Waals surface area contributed by atoms with E-state index in [1.165, 1.54) is 5.56 Å². The van der Waals surface area contributed by atoms with Gasteiger partial charge in [-0.15, -0.1) is 0 Å². The zero-order valence-electron chi connectivity index (χ0n) is 18.3. The second-order valence-electron chi connectivity index (χ2n) is 8.15. The van der Waals surface area contributed by atoms with E-state index in [4.69, 9.17) is 16.3 Å². The number of anilines is 1. The molecule has 1 amide bonds. The van der Waals surface area contributed by atoms with Crippen molar-refractivity contribution in [2.75, 3.05) is 38.5 Å². The summed E-state index contributed by atoms with van der Waals surface area (Å²) in [5, 5.41) is 3.44. The van der Waals surface area contributed by atoms with Crippen LogP contribution < -0.4 is 10.1 Å². The number of halogens is 1. The largest absolute Gasteiger partial charge is 0.487 e. The summed E-state index contributed by atoms with van der Waals surface area (Å²) >= 11 is 6.27. The molecule has 0 aromatic heterocycles. The number of carbonyl (C=O) groups excluding carboxylic acids is 1. The lowest BCUT2D eigenvalue weighted by Crippen LogP contribution is -2.43. The summed E-state index contributed by atoms with van der Waals surface area (Å²) in [6.45, 7) is 5.70. The minimum Gasteiger partial charge on any atom is -0.487 e. The molecule has 1 N–H and O–H groups in total. The van der Waals surface area contributed by atoms with E-state index >= 15 is 0 Å². The highest BCUT2D eigenvalue weighted by atomic mass is 35.5. The first-order valence-electron chi connectivity index (χ1n) is 10.8. The average Bonchev–Trinajstić information content (AvgIpc) is 2.82. The lowest BCUT2D eigenvalue weighted by Gasteiger charge is -2.32. The fraction of sp³-hybridized carbons (Fsp3) is 0.269. The molecule has 1 fully saturated rings. The lowest BCUT2D eigenvalue weighted by molar-refractivity contribution is 0.102. The van der Waals surface area contributed by atoms with Crippen molar-refractivity contribution < 1.29 is 9.53 Å². The number of rotatable bonds is 7. The average molecular weight is 450 g/mol. The van der Waals surface area contributed by atoms with Gasteiger partial charge in [0.05, 0.1) is 5.02 Å². The van der Waals surface area contributed by atoms with Crippen molar-refractivity contribution in [2.45, 2.75) is 13.2 Å². The van der Waals surface area contributed by atoms with Gasteiger partial charge in [0.2, 0.25) is 0 Å². The van der Waals surface area contributed by atoms with E-state index < -0.39 is 0 Å². The maximum Gasteiger partial charge on any atom is 0.255 e. The van der Waals surface area contributed by atoms with Crippen molar-refractivity contribution in [3.05, 3.63) is 94.5 Å². The molecule has 1 saturated heterocycles. The highest BCUT2D eigenvalue weighted by molar-refractivity contribution is 6.32. The highest BCUT2D eigenvalue weighted by Crippen LogP contribution is 2.27. The monoisotopic (exact) mass is 449 g/mol. The second kappa shape index (κ2) is 10.6. The fourth-order valence-electron chi connectivity index (χ4n) is 3.65. The Labute approximate surface area is 194 Å². The van der Waals surface area contributed by atoms with E-state index in [0.717, 1.165) is 44.0 Å².